The van der Waals surface area contributed by atoms with Gasteiger partial charge in [-0.2, -0.15) is 0 Å². The Labute approximate surface area is 119 Å². The van der Waals surface area contributed by atoms with Gasteiger partial charge in [0.15, 0.2) is 0 Å². The van der Waals surface area contributed by atoms with Crippen LogP contribution in [0.4, 0.5) is 0 Å². The minimum absolute atomic E-state index is 0.281. The predicted octanol–water partition coefficient (Wildman–Crippen LogP) is 2.87. The second-order valence-corrected chi connectivity index (χ2v) is 4.72. The van der Waals surface area contributed by atoms with Gasteiger partial charge in [-0.25, -0.2) is 9.59 Å². The average Bonchev–Trinajstić information content (AvgIpc) is 2.74. The molecule has 1 fully saturated rings. The maximum Gasteiger partial charge on any atom is 0.347 e. The van der Waals surface area contributed by atoms with Crippen molar-refractivity contribution < 1.29 is 19.1 Å². The van der Waals surface area contributed by atoms with E-state index in [0.29, 0.717) is 22.0 Å². The van der Waals surface area contributed by atoms with Crippen LogP contribution < -0.4 is 0 Å². The van der Waals surface area contributed by atoms with Gasteiger partial charge >= 0.3 is 11.9 Å². The molecule has 1 aliphatic heterocycles. The summed E-state index contributed by atoms with van der Waals surface area (Å²) in [6.07, 6.45) is 2.29. The lowest BCUT2D eigenvalue weighted by molar-refractivity contribution is -0.156. The van der Waals surface area contributed by atoms with E-state index in [1.54, 1.807) is 18.2 Å². The number of ether oxygens (including phenoxy) is 2. The molecule has 0 N–H and O–H groups in total. The van der Waals surface area contributed by atoms with Crippen LogP contribution in [-0.4, -0.2) is 24.6 Å². The second kappa shape index (κ2) is 6.08. The van der Waals surface area contributed by atoms with Crippen molar-refractivity contribution in [3.63, 3.8) is 0 Å². The Kier molecular flexibility index (Phi) is 4.45. The Morgan fingerprint density at radius 3 is 2.84 bits per heavy atom. The third-order valence-corrected chi connectivity index (χ3v) is 3.07. The molecule has 0 spiro atoms. The van der Waals surface area contributed by atoms with Crippen molar-refractivity contribution in [2.75, 3.05) is 6.61 Å². The lowest BCUT2D eigenvalue weighted by Gasteiger charge is -2.05. The fraction of sp³-hybridized carbons (Fsp3) is 0.231. The number of rotatable bonds is 3. The molecule has 1 aliphatic rings. The molecule has 0 aromatic heterocycles. The van der Waals surface area contributed by atoms with Gasteiger partial charge in [0.25, 0.3) is 0 Å². The summed E-state index contributed by atoms with van der Waals surface area (Å²) in [4.78, 5) is 22.6. The molecule has 0 bridgehead atoms. The zero-order valence-corrected chi connectivity index (χ0v) is 11.3. The molecule has 0 saturated carbocycles. The van der Waals surface area contributed by atoms with Crippen LogP contribution >= 0.6 is 23.2 Å². The molecule has 6 heteroatoms. The standard InChI is InChI=1S/C13H10Cl2O4/c14-9-3-1-8(10(15)7-9)2-4-12(16)19-11-5-6-18-13(11)17/h1-4,7,11H,5-6H2. The Morgan fingerprint density at radius 2 is 2.21 bits per heavy atom. The van der Waals surface area contributed by atoms with Crippen molar-refractivity contribution in [2.45, 2.75) is 12.5 Å². The molecule has 1 unspecified atom stereocenters. The quantitative estimate of drug-likeness (QED) is 0.636. The van der Waals surface area contributed by atoms with E-state index >= 15 is 0 Å². The Morgan fingerprint density at radius 1 is 1.42 bits per heavy atom. The molecule has 0 radical (unpaired) electrons. The highest BCUT2D eigenvalue weighted by atomic mass is 35.5. The molecule has 1 aromatic carbocycles. The summed E-state index contributed by atoms with van der Waals surface area (Å²) in [5.41, 5.74) is 0.636. The van der Waals surface area contributed by atoms with Crippen LogP contribution in [0.5, 0.6) is 0 Å². The van der Waals surface area contributed by atoms with E-state index in [4.69, 9.17) is 27.9 Å². The topological polar surface area (TPSA) is 52.6 Å². The lowest BCUT2D eigenvalue weighted by atomic mass is 10.2. The summed E-state index contributed by atoms with van der Waals surface area (Å²) in [6, 6.07) is 4.91. The predicted molar refractivity (Wildman–Crippen MR) is 71.0 cm³/mol. The van der Waals surface area contributed by atoms with Gasteiger partial charge in [-0.05, 0) is 23.8 Å². The van der Waals surface area contributed by atoms with Crippen molar-refractivity contribution in [1.82, 2.24) is 0 Å². The molecule has 0 aliphatic carbocycles. The van der Waals surface area contributed by atoms with E-state index < -0.39 is 18.0 Å². The molecular weight excluding hydrogens is 291 g/mol. The summed E-state index contributed by atoms with van der Waals surface area (Å²) in [6.45, 7) is 0.281. The van der Waals surface area contributed by atoms with Crippen molar-refractivity contribution in [2.24, 2.45) is 0 Å². The van der Waals surface area contributed by atoms with Crippen LogP contribution in [0.15, 0.2) is 24.3 Å². The van der Waals surface area contributed by atoms with Gasteiger partial charge in [0.05, 0.1) is 6.61 Å². The van der Waals surface area contributed by atoms with Gasteiger partial charge in [0.1, 0.15) is 0 Å². The number of esters is 2. The Hall–Kier alpha value is -1.52. The number of hydrogen-bond donors (Lipinski definition) is 0. The highest BCUT2D eigenvalue weighted by Gasteiger charge is 2.29. The van der Waals surface area contributed by atoms with Crippen molar-refractivity contribution in [3.05, 3.63) is 39.9 Å². The molecule has 1 saturated heterocycles. The minimum atomic E-state index is -0.808. The Bertz CT molecular complexity index is 539. The number of benzene rings is 1. The number of halogens is 2. The van der Waals surface area contributed by atoms with Crippen LogP contribution in [0, 0.1) is 0 Å². The molecule has 0 amide bonds. The first-order valence-electron chi connectivity index (χ1n) is 5.56. The third-order valence-electron chi connectivity index (χ3n) is 2.51. The van der Waals surface area contributed by atoms with Crippen LogP contribution in [0.3, 0.4) is 0 Å². The fourth-order valence-corrected chi connectivity index (χ4v) is 2.03. The molecule has 100 valence electrons. The first-order valence-corrected chi connectivity index (χ1v) is 6.32. The minimum Gasteiger partial charge on any atom is -0.463 e. The van der Waals surface area contributed by atoms with Crippen molar-refractivity contribution in [3.8, 4) is 0 Å². The SMILES string of the molecule is O=C(C=Cc1ccc(Cl)cc1Cl)OC1CCOC1=O. The smallest absolute Gasteiger partial charge is 0.347 e. The van der Waals surface area contributed by atoms with E-state index in [-0.39, 0.29) is 6.61 Å². The maximum atomic E-state index is 11.5. The number of carbonyl (C=O) groups excluding carboxylic acids is 2. The second-order valence-electron chi connectivity index (χ2n) is 3.88. The van der Waals surface area contributed by atoms with Gasteiger partial charge in [-0.1, -0.05) is 29.3 Å². The molecule has 1 aromatic rings. The average molecular weight is 301 g/mol. The van der Waals surface area contributed by atoms with Gasteiger partial charge in [-0.15, -0.1) is 0 Å². The van der Waals surface area contributed by atoms with Crippen LogP contribution in [0.25, 0.3) is 6.08 Å². The fourth-order valence-electron chi connectivity index (χ4n) is 1.56. The van der Waals surface area contributed by atoms with Gasteiger partial charge in [0, 0.05) is 22.5 Å². The number of hydrogen-bond acceptors (Lipinski definition) is 4. The monoisotopic (exact) mass is 300 g/mol. The van der Waals surface area contributed by atoms with E-state index in [2.05, 4.69) is 4.74 Å². The zero-order chi connectivity index (χ0) is 13.8. The number of cyclic esters (lactones) is 1. The van der Waals surface area contributed by atoms with Crippen molar-refractivity contribution in [1.29, 1.82) is 0 Å². The maximum absolute atomic E-state index is 11.5. The van der Waals surface area contributed by atoms with Gasteiger partial charge in [-0.3, -0.25) is 0 Å². The molecule has 4 nitrogen and oxygen atoms in total. The largest absolute Gasteiger partial charge is 0.463 e. The van der Waals surface area contributed by atoms with Crippen molar-refractivity contribution >= 4 is 41.2 Å². The van der Waals surface area contributed by atoms with E-state index in [1.165, 1.54) is 12.2 Å². The summed E-state index contributed by atoms with van der Waals surface area (Å²) in [7, 11) is 0. The lowest BCUT2D eigenvalue weighted by Crippen LogP contribution is -2.21. The molecule has 2 rings (SSSR count). The van der Waals surface area contributed by atoms with E-state index in [0.717, 1.165) is 0 Å². The number of carbonyl (C=O) groups is 2. The van der Waals surface area contributed by atoms with Gasteiger partial charge in [0.2, 0.25) is 6.10 Å². The van der Waals surface area contributed by atoms with E-state index in [1.807, 2.05) is 0 Å². The van der Waals surface area contributed by atoms with Crippen LogP contribution in [0.2, 0.25) is 10.0 Å². The first kappa shape index (κ1) is 13.9. The Balaban J connectivity index is 1.98. The van der Waals surface area contributed by atoms with Crippen LogP contribution in [-0.2, 0) is 19.1 Å². The summed E-state index contributed by atoms with van der Waals surface area (Å²) in [5.74, 6) is -1.12. The highest BCUT2D eigenvalue weighted by molar-refractivity contribution is 6.35. The highest BCUT2D eigenvalue weighted by Crippen LogP contribution is 2.22. The molecule has 19 heavy (non-hydrogen) atoms. The molecular formula is C13H10Cl2O4. The molecule has 1 atom stereocenters. The third kappa shape index (κ3) is 3.72. The summed E-state index contributed by atoms with van der Waals surface area (Å²) < 4.78 is 9.62. The van der Waals surface area contributed by atoms with E-state index in [9.17, 15) is 9.59 Å². The summed E-state index contributed by atoms with van der Waals surface area (Å²) >= 11 is 11.7. The zero-order valence-electron chi connectivity index (χ0n) is 9.77. The normalized spacial score (nSPS) is 18.6. The van der Waals surface area contributed by atoms with Gasteiger partial charge < -0.3 is 9.47 Å². The van der Waals surface area contributed by atoms with Crippen LogP contribution in [0.1, 0.15) is 12.0 Å². The first-order chi connectivity index (χ1) is 9.06. The summed E-state index contributed by atoms with van der Waals surface area (Å²) in [5, 5.41) is 0.940. The molecule has 1 heterocycles.